The van der Waals surface area contributed by atoms with Crippen LogP contribution in [0.4, 0.5) is 10.1 Å². The van der Waals surface area contributed by atoms with E-state index in [1.165, 1.54) is 61.6 Å². The molecule has 0 saturated heterocycles. The predicted molar refractivity (Wildman–Crippen MR) is 184 cm³/mol. The van der Waals surface area contributed by atoms with E-state index in [4.69, 9.17) is 9.47 Å². The quantitative estimate of drug-likeness (QED) is 0.189. The van der Waals surface area contributed by atoms with Crippen molar-refractivity contribution in [3.8, 4) is 11.5 Å². The number of sulfonamides is 1. The maximum Gasteiger partial charge on any atom is 0.264 e. The number of aryl methyl sites for hydroxylation is 1. The number of hydrogen-bond acceptors (Lipinski definition) is 6. The Morgan fingerprint density at radius 3 is 2.04 bits per heavy atom. The molecule has 0 fully saturated rings. The predicted octanol–water partition coefficient (Wildman–Crippen LogP) is 5.90. The number of nitrogens with one attached hydrogen (secondary N) is 1. The van der Waals surface area contributed by atoms with E-state index < -0.39 is 45.8 Å². The van der Waals surface area contributed by atoms with Gasteiger partial charge in [0.1, 0.15) is 18.4 Å². The second kappa shape index (κ2) is 15.3. The standard InChI is InChI=1S/C37H42FN3O6S/c1-26-12-18-30(19-13-26)41(48(44,45)31-20-21-33(46-5)34(23-31)47-6)25-35(42)40(24-28-14-16-29(38)17-15-28)32(36(43)39-37(2,3)4)22-27-10-8-7-9-11-27/h7-21,23,32H,22,24-25H2,1-6H3,(H,39,43). The van der Waals surface area contributed by atoms with Gasteiger partial charge in [-0.3, -0.25) is 13.9 Å². The first-order valence-corrected chi connectivity index (χ1v) is 16.9. The van der Waals surface area contributed by atoms with E-state index in [-0.39, 0.29) is 29.3 Å². The van der Waals surface area contributed by atoms with E-state index in [1.54, 1.807) is 24.3 Å². The monoisotopic (exact) mass is 675 g/mol. The average Bonchev–Trinajstić information content (AvgIpc) is 3.05. The Hall–Kier alpha value is -4.90. The van der Waals surface area contributed by atoms with Crippen molar-refractivity contribution in [2.45, 2.75) is 57.1 Å². The van der Waals surface area contributed by atoms with Gasteiger partial charge in [-0.25, -0.2) is 12.8 Å². The van der Waals surface area contributed by atoms with Gasteiger partial charge in [-0.05, 0) is 75.2 Å². The lowest BCUT2D eigenvalue weighted by atomic mass is 10.0. The molecule has 0 spiro atoms. The lowest BCUT2D eigenvalue weighted by Gasteiger charge is -2.35. The zero-order valence-corrected chi connectivity index (χ0v) is 28.9. The van der Waals surface area contributed by atoms with Crippen LogP contribution in [0, 0.1) is 12.7 Å². The number of benzene rings is 4. The molecule has 48 heavy (non-hydrogen) atoms. The van der Waals surface area contributed by atoms with Crippen LogP contribution < -0.4 is 19.1 Å². The average molecular weight is 676 g/mol. The molecule has 0 bridgehead atoms. The molecule has 0 heterocycles. The lowest BCUT2D eigenvalue weighted by molar-refractivity contribution is -0.140. The van der Waals surface area contributed by atoms with Crippen LogP contribution in [0.1, 0.15) is 37.5 Å². The summed E-state index contributed by atoms with van der Waals surface area (Å²) < 4.78 is 54.3. The SMILES string of the molecule is COc1ccc(S(=O)(=O)N(CC(=O)N(Cc2ccc(F)cc2)C(Cc2ccccc2)C(=O)NC(C)(C)C)c2ccc(C)cc2)cc1OC. The molecule has 2 amide bonds. The van der Waals surface area contributed by atoms with Crippen LogP contribution in [0.2, 0.25) is 0 Å². The van der Waals surface area contributed by atoms with Gasteiger partial charge in [0.15, 0.2) is 11.5 Å². The summed E-state index contributed by atoms with van der Waals surface area (Å²) in [4.78, 5) is 29.8. The van der Waals surface area contributed by atoms with Gasteiger partial charge in [-0.15, -0.1) is 0 Å². The van der Waals surface area contributed by atoms with Crippen molar-refractivity contribution in [3.63, 3.8) is 0 Å². The first-order valence-electron chi connectivity index (χ1n) is 15.4. The maximum absolute atomic E-state index is 14.6. The molecule has 1 unspecified atom stereocenters. The fourth-order valence-corrected chi connectivity index (χ4v) is 6.57. The number of amides is 2. The summed E-state index contributed by atoms with van der Waals surface area (Å²) in [6.45, 7) is 6.68. The number of rotatable bonds is 13. The number of halogens is 1. The summed E-state index contributed by atoms with van der Waals surface area (Å²) >= 11 is 0. The van der Waals surface area contributed by atoms with Crippen molar-refractivity contribution in [1.82, 2.24) is 10.2 Å². The fraction of sp³-hybridized carbons (Fsp3) is 0.297. The van der Waals surface area contributed by atoms with Gasteiger partial charge < -0.3 is 19.7 Å². The van der Waals surface area contributed by atoms with Gasteiger partial charge >= 0.3 is 0 Å². The highest BCUT2D eigenvalue weighted by molar-refractivity contribution is 7.92. The molecule has 0 aliphatic heterocycles. The Morgan fingerprint density at radius 2 is 1.46 bits per heavy atom. The van der Waals surface area contributed by atoms with Crippen LogP contribution in [-0.2, 0) is 32.6 Å². The minimum absolute atomic E-state index is 0.0771. The minimum atomic E-state index is -4.37. The normalized spacial score (nSPS) is 12.1. The molecule has 0 aromatic heterocycles. The first kappa shape index (κ1) is 35.9. The molecule has 0 aliphatic carbocycles. The molecule has 1 N–H and O–H groups in total. The zero-order valence-electron chi connectivity index (χ0n) is 28.1. The molecule has 9 nitrogen and oxygen atoms in total. The first-order chi connectivity index (χ1) is 22.7. The van der Waals surface area contributed by atoms with Gasteiger partial charge in [0.2, 0.25) is 11.8 Å². The summed E-state index contributed by atoms with van der Waals surface area (Å²) in [5, 5.41) is 2.99. The minimum Gasteiger partial charge on any atom is -0.493 e. The van der Waals surface area contributed by atoms with Crippen molar-refractivity contribution in [2.75, 3.05) is 25.1 Å². The molecule has 0 aliphatic rings. The number of carbonyl (C=O) groups is 2. The number of ether oxygens (including phenoxy) is 2. The van der Waals surface area contributed by atoms with E-state index in [0.717, 1.165) is 15.4 Å². The highest BCUT2D eigenvalue weighted by Gasteiger charge is 2.36. The smallest absolute Gasteiger partial charge is 0.264 e. The van der Waals surface area contributed by atoms with Crippen LogP contribution >= 0.6 is 0 Å². The van der Waals surface area contributed by atoms with Gasteiger partial charge in [0.05, 0.1) is 24.8 Å². The third-order valence-electron chi connectivity index (χ3n) is 7.58. The van der Waals surface area contributed by atoms with Crippen molar-refractivity contribution < 1.29 is 31.9 Å². The van der Waals surface area contributed by atoms with Crippen molar-refractivity contribution >= 4 is 27.5 Å². The van der Waals surface area contributed by atoms with E-state index >= 15 is 0 Å². The second-order valence-electron chi connectivity index (χ2n) is 12.5. The van der Waals surface area contributed by atoms with Crippen LogP contribution in [0.5, 0.6) is 11.5 Å². The van der Waals surface area contributed by atoms with Crippen molar-refractivity contribution in [1.29, 1.82) is 0 Å². The maximum atomic E-state index is 14.6. The summed E-state index contributed by atoms with van der Waals surface area (Å²) in [6, 6.07) is 24.8. The highest BCUT2D eigenvalue weighted by Crippen LogP contribution is 2.32. The molecule has 4 rings (SSSR count). The zero-order chi connectivity index (χ0) is 35.1. The third-order valence-corrected chi connectivity index (χ3v) is 9.35. The number of carbonyl (C=O) groups excluding carboxylic acids is 2. The van der Waals surface area contributed by atoms with Crippen molar-refractivity contribution in [3.05, 3.63) is 120 Å². The van der Waals surface area contributed by atoms with Crippen LogP contribution in [0.15, 0.2) is 102 Å². The van der Waals surface area contributed by atoms with Gasteiger partial charge in [-0.1, -0.05) is 60.2 Å². The number of methoxy groups -OCH3 is 2. The summed E-state index contributed by atoms with van der Waals surface area (Å²) in [5.41, 5.74) is 1.90. The molecule has 254 valence electrons. The lowest BCUT2D eigenvalue weighted by Crippen LogP contribution is -2.56. The largest absolute Gasteiger partial charge is 0.493 e. The van der Waals surface area contributed by atoms with E-state index in [0.29, 0.717) is 11.3 Å². The number of hydrogen-bond donors (Lipinski definition) is 1. The number of nitrogens with zero attached hydrogens (tertiary/aromatic N) is 2. The molecular weight excluding hydrogens is 633 g/mol. The van der Waals surface area contributed by atoms with E-state index in [1.807, 2.05) is 58.0 Å². The Bertz CT molecular complexity index is 1810. The summed E-state index contributed by atoms with van der Waals surface area (Å²) in [6.07, 6.45) is 0.155. The van der Waals surface area contributed by atoms with Crippen LogP contribution in [0.3, 0.4) is 0 Å². The second-order valence-corrected chi connectivity index (χ2v) is 14.3. The van der Waals surface area contributed by atoms with E-state index in [9.17, 15) is 22.4 Å². The summed E-state index contributed by atoms with van der Waals surface area (Å²) in [7, 11) is -1.52. The topological polar surface area (TPSA) is 105 Å². The van der Waals surface area contributed by atoms with Crippen LogP contribution in [-0.4, -0.2) is 57.5 Å². The van der Waals surface area contributed by atoms with Gasteiger partial charge in [-0.2, -0.15) is 0 Å². The third kappa shape index (κ3) is 9.13. The number of anilines is 1. The molecule has 1 atom stereocenters. The van der Waals surface area contributed by atoms with E-state index in [2.05, 4.69) is 5.32 Å². The Kier molecular flexibility index (Phi) is 11.5. The molecule has 0 radical (unpaired) electrons. The van der Waals surface area contributed by atoms with Crippen molar-refractivity contribution in [2.24, 2.45) is 0 Å². The molecular formula is C37H42FN3O6S. The Morgan fingerprint density at radius 1 is 0.833 bits per heavy atom. The molecule has 4 aromatic carbocycles. The summed E-state index contributed by atoms with van der Waals surface area (Å²) in [5.74, 6) is -0.947. The molecule has 11 heteroatoms. The molecule has 0 saturated carbocycles. The van der Waals surface area contributed by atoms with Gasteiger partial charge in [0, 0.05) is 24.6 Å². The molecule has 4 aromatic rings. The Balaban J connectivity index is 1.83. The van der Waals surface area contributed by atoms with Gasteiger partial charge in [0.25, 0.3) is 10.0 Å². The van der Waals surface area contributed by atoms with Crippen LogP contribution in [0.25, 0.3) is 0 Å². The fourth-order valence-electron chi connectivity index (χ4n) is 5.14. The Labute approximate surface area is 282 Å². The highest BCUT2D eigenvalue weighted by atomic mass is 32.2.